The van der Waals surface area contributed by atoms with E-state index >= 15 is 0 Å². The maximum Gasteiger partial charge on any atom is 0.226 e. The highest BCUT2D eigenvalue weighted by molar-refractivity contribution is 7.91. The zero-order valence-corrected chi connectivity index (χ0v) is 11.7. The van der Waals surface area contributed by atoms with Gasteiger partial charge in [0.25, 0.3) is 0 Å². The highest BCUT2D eigenvalue weighted by Crippen LogP contribution is 2.35. The summed E-state index contributed by atoms with van der Waals surface area (Å²) in [7, 11) is -1.24. The molecule has 1 N–H and O–H groups in total. The number of carbonyl (C=O) groups excluding carboxylic acids is 1. The molecule has 0 radical (unpaired) electrons. The van der Waals surface area contributed by atoms with Gasteiger partial charge in [-0.1, -0.05) is 0 Å². The molecule has 0 spiro atoms. The van der Waals surface area contributed by atoms with E-state index in [-0.39, 0.29) is 29.9 Å². The van der Waals surface area contributed by atoms with Crippen LogP contribution in [0.1, 0.15) is 12.1 Å². The lowest BCUT2D eigenvalue weighted by molar-refractivity contribution is -0.116. The van der Waals surface area contributed by atoms with E-state index in [1.807, 2.05) is 18.9 Å². The number of sulfone groups is 1. The summed E-state index contributed by atoms with van der Waals surface area (Å²) in [4.78, 5) is 13.9. The van der Waals surface area contributed by atoms with E-state index < -0.39 is 9.84 Å². The normalized spacial score (nSPS) is 25.3. The molecular formula is C11H16N4O3S. The number of hydrogen-bond acceptors (Lipinski definition) is 5. The number of nitrogens with zero attached hydrogens (tertiary/aromatic N) is 3. The Morgan fingerprint density at radius 1 is 1.42 bits per heavy atom. The Morgan fingerprint density at radius 3 is 2.89 bits per heavy atom. The van der Waals surface area contributed by atoms with E-state index in [0.29, 0.717) is 12.2 Å². The fourth-order valence-corrected chi connectivity index (χ4v) is 4.39. The van der Waals surface area contributed by atoms with Crippen LogP contribution in [0.2, 0.25) is 0 Å². The Kier molecular flexibility index (Phi) is 2.60. The van der Waals surface area contributed by atoms with Gasteiger partial charge in [-0.05, 0) is 6.92 Å². The Morgan fingerprint density at radius 2 is 2.16 bits per heavy atom. The second-order valence-corrected chi connectivity index (χ2v) is 7.35. The quantitative estimate of drug-likeness (QED) is 0.705. The van der Waals surface area contributed by atoms with Gasteiger partial charge in [0.2, 0.25) is 5.91 Å². The predicted octanol–water partition coefficient (Wildman–Crippen LogP) is -0.326. The van der Waals surface area contributed by atoms with Crippen molar-refractivity contribution in [2.24, 2.45) is 7.05 Å². The zero-order valence-electron chi connectivity index (χ0n) is 10.9. The minimum atomic E-state index is -3.05. The van der Waals surface area contributed by atoms with Crippen molar-refractivity contribution in [3.63, 3.8) is 0 Å². The van der Waals surface area contributed by atoms with Crippen LogP contribution in [0.4, 0.5) is 11.5 Å². The molecule has 1 fully saturated rings. The van der Waals surface area contributed by atoms with E-state index in [9.17, 15) is 13.2 Å². The Bertz CT molecular complexity index is 649. The topological polar surface area (TPSA) is 84.3 Å². The largest absolute Gasteiger partial charge is 0.350 e. The van der Waals surface area contributed by atoms with E-state index in [1.54, 1.807) is 4.68 Å². The van der Waals surface area contributed by atoms with Gasteiger partial charge in [-0.3, -0.25) is 9.48 Å². The molecule has 1 atom stereocenters. The summed E-state index contributed by atoms with van der Waals surface area (Å²) in [5, 5.41) is 7.14. The molecule has 1 aromatic rings. The molecule has 3 heterocycles. The Hall–Kier alpha value is -1.57. The lowest BCUT2D eigenvalue weighted by Gasteiger charge is -2.35. The van der Waals surface area contributed by atoms with Crippen LogP contribution in [-0.4, -0.2) is 48.2 Å². The number of aromatic nitrogens is 2. The average Bonchev–Trinajstić information content (AvgIpc) is 2.48. The van der Waals surface area contributed by atoms with Crippen molar-refractivity contribution >= 4 is 27.2 Å². The SMILES string of the molecule is Cc1nn(C)c2c1NC(=O)CC1CS(=O)(=O)CCN21. The van der Waals surface area contributed by atoms with Crippen molar-refractivity contribution in [1.29, 1.82) is 0 Å². The van der Waals surface area contributed by atoms with Crippen LogP contribution in [0, 0.1) is 6.92 Å². The van der Waals surface area contributed by atoms with Crippen LogP contribution in [0.5, 0.6) is 0 Å². The third-order valence-corrected chi connectivity index (χ3v) is 5.38. The minimum Gasteiger partial charge on any atom is -0.350 e. The van der Waals surface area contributed by atoms with E-state index in [2.05, 4.69) is 10.4 Å². The molecule has 19 heavy (non-hydrogen) atoms. The molecule has 2 aliphatic rings. The second kappa shape index (κ2) is 3.96. The predicted molar refractivity (Wildman–Crippen MR) is 71.0 cm³/mol. The number of carbonyl (C=O) groups is 1. The van der Waals surface area contributed by atoms with Gasteiger partial charge in [0.05, 0.1) is 23.2 Å². The molecule has 2 aliphatic heterocycles. The van der Waals surface area contributed by atoms with Gasteiger partial charge in [0, 0.05) is 20.0 Å². The van der Waals surface area contributed by atoms with Gasteiger partial charge in [-0.2, -0.15) is 5.10 Å². The van der Waals surface area contributed by atoms with E-state index in [0.717, 1.165) is 11.5 Å². The molecule has 1 saturated heterocycles. The maximum absolute atomic E-state index is 11.9. The average molecular weight is 284 g/mol. The first-order valence-electron chi connectivity index (χ1n) is 6.18. The summed E-state index contributed by atoms with van der Waals surface area (Å²) in [5.41, 5.74) is 1.45. The van der Waals surface area contributed by atoms with Crippen LogP contribution < -0.4 is 10.2 Å². The molecule has 104 valence electrons. The first-order valence-corrected chi connectivity index (χ1v) is 8.00. The van der Waals surface area contributed by atoms with Crippen LogP contribution in [0.15, 0.2) is 0 Å². The van der Waals surface area contributed by atoms with Crippen LogP contribution in [-0.2, 0) is 21.7 Å². The summed E-state index contributed by atoms with van der Waals surface area (Å²) < 4.78 is 25.2. The van der Waals surface area contributed by atoms with Gasteiger partial charge < -0.3 is 10.2 Å². The number of rotatable bonds is 0. The molecule has 0 aromatic carbocycles. The van der Waals surface area contributed by atoms with Crippen molar-refractivity contribution in [3.05, 3.63) is 5.69 Å². The van der Waals surface area contributed by atoms with Crippen molar-refractivity contribution < 1.29 is 13.2 Å². The monoisotopic (exact) mass is 284 g/mol. The summed E-state index contributed by atoms with van der Waals surface area (Å²) in [6.07, 6.45) is 0.202. The van der Waals surface area contributed by atoms with Crippen LogP contribution in [0.3, 0.4) is 0 Å². The van der Waals surface area contributed by atoms with Gasteiger partial charge in [0.1, 0.15) is 5.69 Å². The molecule has 8 heteroatoms. The molecule has 0 saturated carbocycles. The zero-order chi connectivity index (χ0) is 13.8. The number of nitrogens with one attached hydrogen (secondary N) is 1. The summed E-state index contributed by atoms with van der Waals surface area (Å²) in [6, 6.07) is -0.296. The minimum absolute atomic E-state index is 0.0318. The number of fused-ring (bicyclic) bond motifs is 3. The van der Waals surface area contributed by atoms with Gasteiger partial charge in [-0.25, -0.2) is 8.42 Å². The van der Waals surface area contributed by atoms with Crippen LogP contribution >= 0.6 is 0 Å². The van der Waals surface area contributed by atoms with Crippen LogP contribution in [0.25, 0.3) is 0 Å². The number of anilines is 2. The molecule has 1 aromatic heterocycles. The maximum atomic E-state index is 11.9. The molecular weight excluding hydrogens is 268 g/mol. The fourth-order valence-electron chi connectivity index (χ4n) is 2.86. The molecule has 0 aliphatic carbocycles. The van der Waals surface area contributed by atoms with E-state index in [1.165, 1.54) is 0 Å². The summed E-state index contributed by atoms with van der Waals surface area (Å²) >= 11 is 0. The smallest absolute Gasteiger partial charge is 0.226 e. The second-order valence-electron chi connectivity index (χ2n) is 5.12. The highest BCUT2D eigenvalue weighted by atomic mass is 32.2. The molecule has 1 unspecified atom stereocenters. The van der Waals surface area contributed by atoms with Crippen molar-refractivity contribution in [1.82, 2.24) is 9.78 Å². The van der Waals surface area contributed by atoms with Gasteiger partial charge in [-0.15, -0.1) is 0 Å². The highest BCUT2D eigenvalue weighted by Gasteiger charge is 2.38. The van der Waals surface area contributed by atoms with Crippen molar-refractivity contribution in [3.8, 4) is 0 Å². The first-order chi connectivity index (χ1) is 8.87. The third kappa shape index (κ3) is 1.99. The third-order valence-electron chi connectivity index (χ3n) is 3.68. The Balaban J connectivity index is 2.10. The van der Waals surface area contributed by atoms with Crippen molar-refractivity contribution in [2.45, 2.75) is 19.4 Å². The fraction of sp³-hybridized carbons (Fsp3) is 0.636. The number of amides is 1. The first kappa shape index (κ1) is 12.5. The lowest BCUT2D eigenvalue weighted by Crippen LogP contribution is -2.49. The molecule has 0 bridgehead atoms. The molecule has 3 rings (SSSR count). The van der Waals surface area contributed by atoms with Gasteiger partial charge in [0.15, 0.2) is 15.7 Å². The van der Waals surface area contributed by atoms with Gasteiger partial charge >= 0.3 is 0 Å². The lowest BCUT2D eigenvalue weighted by atomic mass is 10.2. The summed E-state index contributed by atoms with van der Waals surface area (Å²) in [5.74, 6) is 0.816. The molecule has 1 amide bonds. The number of aryl methyl sites for hydroxylation is 2. The standard InChI is InChI=1S/C11H16N4O3S/c1-7-10-11(14(2)13-7)15-3-4-19(17,18)6-8(15)5-9(16)12-10/h8H,3-6H2,1-2H3,(H,12,16). The summed E-state index contributed by atoms with van der Waals surface area (Å²) in [6.45, 7) is 2.24. The Labute approximate surface area is 111 Å². The van der Waals surface area contributed by atoms with Crippen molar-refractivity contribution in [2.75, 3.05) is 28.3 Å². The number of hydrogen-bond donors (Lipinski definition) is 1. The molecule has 7 nitrogen and oxygen atoms in total. The van der Waals surface area contributed by atoms with E-state index in [4.69, 9.17) is 0 Å².